The van der Waals surface area contributed by atoms with Gasteiger partial charge in [-0.2, -0.15) is 0 Å². The van der Waals surface area contributed by atoms with Gasteiger partial charge < -0.3 is 15.0 Å². The molecule has 2 heterocycles. The molecular formula is C22H25N3O3. The molecule has 2 fully saturated rings. The molecule has 1 aromatic heterocycles. The van der Waals surface area contributed by atoms with Crippen LogP contribution in [0.4, 0.5) is 0 Å². The minimum atomic E-state index is -0.202. The molecule has 1 unspecified atom stereocenters. The van der Waals surface area contributed by atoms with Crippen molar-refractivity contribution in [2.45, 2.75) is 56.8 Å². The van der Waals surface area contributed by atoms with Gasteiger partial charge in [-0.1, -0.05) is 0 Å². The summed E-state index contributed by atoms with van der Waals surface area (Å²) in [4.78, 5) is 35.6. The number of rotatable bonds is 2. The second-order valence-corrected chi connectivity index (χ2v) is 8.66. The molecule has 3 aliphatic rings. The largest absolute Gasteiger partial charge is 0.508 e. The summed E-state index contributed by atoms with van der Waals surface area (Å²) in [6.45, 7) is 3.18. The summed E-state index contributed by atoms with van der Waals surface area (Å²) < 4.78 is 0. The molecule has 1 spiro atoms. The molecule has 5 rings (SSSR count). The van der Waals surface area contributed by atoms with Crippen molar-refractivity contribution in [2.24, 2.45) is 0 Å². The predicted octanol–water partition coefficient (Wildman–Crippen LogP) is 2.78. The number of aromatic nitrogens is 2. The van der Waals surface area contributed by atoms with Crippen LogP contribution in [0.1, 0.15) is 71.0 Å². The zero-order valence-electron chi connectivity index (χ0n) is 16.1. The van der Waals surface area contributed by atoms with Gasteiger partial charge in [0, 0.05) is 35.5 Å². The third-order valence-corrected chi connectivity index (χ3v) is 6.66. The second kappa shape index (κ2) is 6.19. The molecular weight excluding hydrogens is 354 g/mol. The van der Waals surface area contributed by atoms with Crippen molar-refractivity contribution in [1.29, 1.82) is 0 Å². The van der Waals surface area contributed by atoms with Crippen LogP contribution in [0.25, 0.3) is 0 Å². The van der Waals surface area contributed by atoms with E-state index in [4.69, 9.17) is 4.98 Å². The number of carbonyl (C=O) groups excluding carboxylic acids is 1. The summed E-state index contributed by atoms with van der Waals surface area (Å²) in [7, 11) is 0. The molecule has 2 N–H and O–H groups in total. The van der Waals surface area contributed by atoms with Crippen LogP contribution < -0.4 is 5.56 Å². The van der Waals surface area contributed by atoms with E-state index in [9.17, 15) is 14.7 Å². The first-order chi connectivity index (χ1) is 13.5. The maximum atomic E-state index is 13.2. The number of phenols is 1. The van der Waals surface area contributed by atoms with Crippen LogP contribution >= 0.6 is 0 Å². The first-order valence-corrected chi connectivity index (χ1v) is 10.2. The minimum absolute atomic E-state index is 0.00252. The Labute approximate surface area is 163 Å². The molecule has 1 atom stereocenters. The molecule has 6 heteroatoms. The summed E-state index contributed by atoms with van der Waals surface area (Å²) in [5.74, 6) is 1.40. The van der Waals surface area contributed by atoms with E-state index in [-0.39, 0.29) is 22.6 Å². The summed E-state index contributed by atoms with van der Waals surface area (Å²) in [6.07, 6.45) is 5.70. The maximum absolute atomic E-state index is 13.2. The molecule has 6 nitrogen and oxygen atoms in total. The molecule has 2 aromatic rings. The molecule has 0 bridgehead atoms. The lowest BCUT2D eigenvalue weighted by atomic mass is 9.77. The number of carbonyl (C=O) groups is 1. The molecule has 146 valence electrons. The van der Waals surface area contributed by atoms with Gasteiger partial charge in [0.05, 0.1) is 5.69 Å². The number of fused-ring (bicyclic) bond motifs is 2. The first kappa shape index (κ1) is 17.5. The summed E-state index contributed by atoms with van der Waals surface area (Å²) in [5, 5.41) is 9.64. The van der Waals surface area contributed by atoms with Gasteiger partial charge in [-0.05, 0) is 69.2 Å². The zero-order valence-corrected chi connectivity index (χ0v) is 16.1. The van der Waals surface area contributed by atoms with Crippen LogP contribution in [0.3, 0.4) is 0 Å². The summed E-state index contributed by atoms with van der Waals surface area (Å²) >= 11 is 0. The third kappa shape index (κ3) is 2.74. The van der Waals surface area contributed by atoms with E-state index in [1.165, 1.54) is 0 Å². The summed E-state index contributed by atoms with van der Waals surface area (Å²) in [6, 6.07) is 4.89. The Morgan fingerprint density at radius 3 is 2.89 bits per heavy atom. The molecule has 1 aliphatic heterocycles. The average Bonchev–Trinajstić information content (AvgIpc) is 3.46. The standard InChI is InChI=1S/C22H25N3O3/c1-13-11-15(26)5-6-16(13)21(28)25-10-2-8-22(12-25)9-7-17-18(22)23-19(14-3-4-14)24-20(17)27/h5-6,11,14,26H,2-4,7-10,12H2,1H3,(H,23,24,27). The van der Waals surface area contributed by atoms with Gasteiger partial charge in [0.1, 0.15) is 11.6 Å². The number of H-pyrrole nitrogens is 1. The van der Waals surface area contributed by atoms with Crippen molar-refractivity contribution >= 4 is 5.91 Å². The van der Waals surface area contributed by atoms with Gasteiger partial charge in [0.15, 0.2) is 0 Å². The van der Waals surface area contributed by atoms with E-state index < -0.39 is 0 Å². The van der Waals surface area contributed by atoms with Crippen LogP contribution in [0, 0.1) is 6.92 Å². The number of nitrogens with zero attached hydrogens (tertiary/aromatic N) is 2. The SMILES string of the molecule is Cc1cc(O)ccc1C(=O)N1CCCC2(CCc3c2nc(C2CC2)[nH]c3=O)C1. The number of likely N-dealkylation sites (tertiary alicyclic amines) is 1. The van der Waals surface area contributed by atoms with Crippen molar-refractivity contribution < 1.29 is 9.90 Å². The fraction of sp³-hybridized carbons (Fsp3) is 0.500. The normalized spacial score (nSPS) is 23.8. The van der Waals surface area contributed by atoms with Crippen LogP contribution in [-0.4, -0.2) is 39.0 Å². The zero-order chi connectivity index (χ0) is 19.5. The van der Waals surface area contributed by atoms with Crippen LogP contribution in [0.15, 0.2) is 23.0 Å². The van der Waals surface area contributed by atoms with E-state index in [1.54, 1.807) is 18.2 Å². The molecule has 2 aliphatic carbocycles. The molecule has 1 aromatic carbocycles. The predicted molar refractivity (Wildman–Crippen MR) is 105 cm³/mol. The molecule has 0 radical (unpaired) electrons. The average molecular weight is 379 g/mol. The van der Waals surface area contributed by atoms with Gasteiger partial charge in [-0.25, -0.2) is 4.98 Å². The summed E-state index contributed by atoms with van der Waals surface area (Å²) in [5.41, 5.74) is 2.98. The number of amides is 1. The Morgan fingerprint density at radius 2 is 2.14 bits per heavy atom. The molecule has 1 saturated heterocycles. The van der Waals surface area contributed by atoms with Crippen LogP contribution in [-0.2, 0) is 11.8 Å². The lowest BCUT2D eigenvalue weighted by Gasteiger charge is -2.40. The highest BCUT2D eigenvalue weighted by atomic mass is 16.3. The Morgan fingerprint density at radius 1 is 1.32 bits per heavy atom. The lowest BCUT2D eigenvalue weighted by molar-refractivity contribution is 0.0632. The van der Waals surface area contributed by atoms with Crippen molar-refractivity contribution in [3.63, 3.8) is 0 Å². The van der Waals surface area contributed by atoms with Gasteiger partial charge in [0.2, 0.25) is 0 Å². The Balaban J connectivity index is 1.48. The molecule has 1 amide bonds. The number of hydrogen-bond acceptors (Lipinski definition) is 4. The van der Waals surface area contributed by atoms with Crippen LogP contribution in [0.2, 0.25) is 0 Å². The van der Waals surface area contributed by atoms with Gasteiger partial charge in [-0.3, -0.25) is 9.59 Å². The number of phenolic OH excluding ortho intramolecular Hbond substituents is 1. The van der Waals surface area contributed by atoms with Crippen LogP contribution in [0.5, 0.6) is 5.75 Å². The fourth-order valence-electron chi connectivity index (χ4n) is 4.98. The second-order valence-electron chi connectivity index (χ2n) is 8.66. The van der Waals surface area contributed by atoms with Gasteiger partial charge >= 0.3 is 0 Å². The number of aryl methyl sites for hydroxylation is 1. The Hall–Kier alpha value is -2.63. The number of aromatic hydroxyl groups is 1. The van der Waals surface area contributed by atoms with Crippen molar-refractivity contribution in [3.8, 4) is 5.75 Å². The van der Waals surface area contributed by atoms with E-state index >= 15 is 0 Å². The maximum Gasteiger partial charge on any atom is 0.254 e. The highest BCUT2D eigenvalue weighted by Crippen LogP contribution is 2.45. The monoisotopic (exact) mass is 379 g/mol. The fourth-order valence-corrected chi connectivity index (χ4v) is 4.98. The number of nitrogens with one attached hydrogen (secondary N) is 1. The topological polar surface area (TPSA) is 86.3 Å². The number of aromatic amines is 1. The quantitative estimate of drug-likeness (QED) is 0.840. The highest BCUT2D eigenvalue weighted by molar-refractivity contribution is 5.96. The molecule has 28 heavy (non-hydrogen) atoms. The van der Waals surface area contributed by atoms with E-state index in [1.807, 2.05) is 11.8 Å². The molecule has 1 saturated carbocycles. The Bertz CT molecular complexity index is 1020. The number of hydrogen-bond donors (Lipinski definition) is 2. The minimum Gasteiger partial charge on any atom is -0.508 e. The Kier molecular flexibility index (Phi) is 3.86. The van der Waals surface area contributed by atoms with Crippen molar-refractivity contribution in [1.82, 2.24) is 14.9 Å². The van der Waals surface area contributed by atoms with Crippen molar-refractivity contribution in [2.75, 3.05) is 13.1 Å². The van der Waals surface area contributed by atoms with E-state index in [2.05, 4.69) is 4.98 Å². The third-order valence-electron chi connectivity index (χ3n) is 6.66. The van der Waals surface area contributed by atoms with Gasteiger partial charge in [0.25, 0.3) is 11.5 Å². The highest BCUT2D eigenvalue weighted by Gasteiger charge is 2.46. The lowest BCUT2D eigenvalue weighted by Crippen LogP contribution is -2.48. The van der Waals surface area contributed by atoms with E-state index in [0.29, 0.717) is 18.0 Å². The number of piperidine rings is 1. The first-order valence-electron chi connectivity index (χ1n) is 10.2. The van der Waals surface area contributed by atoms with Crippen molar-refractivity contribution in [3.05, 3.63) is 56.8 Å². The number of benzene rings is 1. The van der Waals surface area contributed by atoms with Gasteiger partial charge in [-0.15, -0.1) is 0 Å². The smallest absolute Gasteiger partial charge is 0.254 e. The van der Waals surface area contributed by atoms with E-state index in [0.717, 1.165) is 67.7 Å².